The van der Waals surface area contributed by atoms with Crippen LogP contribution in [0, 0.1) is 3.57 Å². The fraction of sp³-hybridized carbons (Fsp3) is 0.143. The van der Waals surface area contributed by atoms with Crippen molar-refractivity contribution in [3.8, 4) is 0 Å². The number of nitrogens with one attached hydrogen (secondary N) is 1. The molecule has 0 fully saturated rings. The lowest BCUT2D eigenvalue weighted by Crippen LogP contribution is -2.15. The van der Waals surface area contributed by atoms with Gasteiger partial charge in [0.25, 0.3) is 0 Å². The van der Waals surface area contributed by atoms with E-state index in [-0.39, 0.29) is 11.7 Å². The van der Waals surface area contributed by atoms with E-state index < -0.39 is 0 Å². The number of benzene rings is 1. The third-order valence-corrected chi connectivity index (χ3v) is 5.62. The first-order valence-electron chi connectivity index (χ1n) is 6.68. The van der Waals surface area contributed by atoms with Gasteiger partial charge >= 0.3 is 0 Å². The van der Waals surface area contributed by atoms with Crippen LogP contribution >= 0.6 is 45.7 Å². The van der Waals surface area contributed by atoms with Gasteiger partial charge in [-0.15, -0.1) is 16.4 Å². The van der Waals surface area contributed by atoms with Crippen molar-refractivity contribution < 1.29 is 4.79 Å². The minimum atomic E-state index is -0.0789. The summed E-state index contributed by atoms with van der Waals surface area (Å²) in [6.45, 7) is 0.616. The highest BCUT2D eigenvalue weighted by Crippen LogP contribution is 2.19. The minimum Gasteiger partial charge on any atom is -0.324 e. The summed E-state index contributed by atoms with van der Waals surface area (Å²) in [7, 11) is 0. The van der Waals surface area contributed by atoms with Crippen molar-refractivity contribution in [2.24, 2.45) is 0 Å². The van der Waals surface area contributed by atoms with E-state index in [1.165, 1.54) is 16.6 Å². The maximum atomic E-state index is 12.1. The molecule has 6 nitrogen and oxygen atoms in total. The van der Waals surface area contributed by atoms with E-state index in [1.54, 1.807) is 16.0 Å². The molecule has 2 aromatic heterocycles. The van der Waals surface area contributed by atoms with Gasteiger partial charge in [0.1, 0.15) is 0 Å². The van der Waals surface area contributed by atoms with Crippen molar-refractivity contribution in [3.05, 3.63) is 50.2 Å². The topological polar surface area (TPSA) is 72.7 Å². The number of aromatic nitrogens is 4. The molecule has 118 valence electrons. The van der Waals surface area contributed by atoms with E-state index in [0.717, 1.165) is 9.26 Å². The number of nitrogens with zero attached hydrogens (tertiary/aromatic N) is 4. The van der Waals surface area contributed by atoms with Crippen LogP contribution in [0.5, 0.6) is 0 Å². The Bertz CT molecular complexity index is 790. The Morgan fingerprint density at radius 3 is 2.96 bits per heavy atom. The molecule has 1 aromatic carbocycles. The second-order valence-electron chi connectivity index (χ2n) is 4.52. The molecule has 0 bridgehead atoms. The van der Waals surface area contributed by atoms with Crippen LogP contribution in [0.1, 0.15) is 4.88 Å². The molecule has 0 spiro atoms. The molecule has 0 aliphatic rings. The van der Waals surface area contributed by atoms with E-state index >= 15 is 0 Å². The van der Waals surface area contributed by atoms with Gasteiger partial charge in [-0.1, -0.05) is 30.0 Å². The molecule has 0 saturated heterocycles. The number of para-hydroxylation sites is 1. The monoisotopic (exact) mass is 457 g/mol. The Kier molecular flexibility index (Phi) is 5.62. The lowest BCUT2D eigenvalue weighted by atomic mass is 10.3. The zero-order valence-electron chi connectivity index (χ0n) is 11.8. The average Bonchev–Trinajstić information content (AvgIpc) is 3.20. The number of tetrazole rings is 1. The summed E-state index contributed by atoms with van der Waals surface area (Å²) in [5.41, 5.74) is 0.817. The molecule has 0 aliphatic heterocycles. The SMILES string of the molecule is O=C(CSc1nnnn1Cc1cccs1)Nc1ccccc1I. The quantitative estimate of drug-likeness (QED) is 0.455. The third kappa shape index (κ3) is 4.52. The molecular weight excluding hydrogens is 445 g/mol. The molecular formula is C14H12IN5OS2. The van der Waals surface area contributed by atoms with E-state index in [0.29, 0.717) is 11.7 Å². The summed E-state index contributed by atoms with van der Waals surface area (Å²) < 4.78 is 2.71. The molecule has 23 heavy (non-hydrogen) atoms. The van der Waals surface area contributed by atoms with E-state index in [4.69, 9.17) is 0 Å². The molecule has 0 saturated carbocycles. The van der Waals surface area contributed by atoms with E-state index in [2.05, 4.69) is 43.4 Å². The van der Waals surface area contributed by atoms with Gasteiger partial charge in [-0.25, -0.2) is 4.68 Å². The van der Waals surface area contributed by atoms with Crippen molar-refractivity contribution >= 4 is 57.3 Å². The first-order chi connectivity index (χ1) is 11.2. The van der Waals surface area contributed by atoms with Gasteiger partial charge in [0.05, 0.1) is 18.0 Å². The van der Waals surface area contributed by atoms with Crippen molar-refractivity contribution in [3.63, 3.8) is 0 Å². The van der Waals surface area contributed by atoms with Crippen molar-refractivity contribution in [2.45, 2.75) is 11.7 Å². The Morgan fingerprint density at radius 1 is 1.30 bits per heavy atom. The predicted molar refractivity (Wildman–Crippen MR) is 99.8 cm³/mol. The fourth-order valence-corrected chi connectivity index (χ4v) is 3.71. The van der Waals surface area contributed by atoms with Crippen LogP contribution < -0.4 is 5.32 Å². The smallest absolute Gasteiger partial charge is 0.234 e. The number of hydrogen-bond donors (Lipinski definition) is 1. The van der Waals surface area contributed by atoms with Gasteiger partial charge in [-0.2, -0.15) is 0 Å². The Balaban J connectivity index is 1.57. The molecule has 0 aliphatic carbocycles. The van der Waals surface area contributed by atoms with Gasteiger partial charge in [0.2, 0.25) is 11.1 Å². The van der Waals surface area contributed by atoms with Gasteiger partial charge in [-0.3, -0.25) is 4.79 Å². The summed E-state index contributed by atoms with van der Waals surface area (Å²) in [6, 6.07) is 11.7. The van der Waals surface area contributed by atoms with Gasteiger partial charge in [0, 0.05) is 8.45 Å². The maximum Gasteiger partial charge on any atom is 0.234 e. The van der Waals surface area contributed by atoms with Crippen molar-refractivity contribution in [1.29, 1.82) is 0 Å². The molecule has 9 heteroatoms. The number of amides is 1. The molecule has 0 radical (unpaired) electrons. The van der Waals surface area contributed by atoms with E-state index in [1.807, 2.05) is 41.8 Å². The third-order valence-electron chi connectivity index (χ3n) is 2.87. The van der Waals surface area contributed by atoms with Crippen LogP contribution in [0.4, 0.5) is 5.69 Å². The molecule has 1 N–H and O–H groups in total. The van der Waals surface area contributed by atoms with E-state index in [9.17, 15) is 4.79 Å². The Labute approximate surface area is 154 Å². The van der Waals surface area contributed by atoms with Crippen LogP contribution in [0.15, 0.2) is 46.9 Å². The van der Waals surface area contributed by atoms with Crippen LogP contribution in [0.3, 0.4) is 0 Å². The first-order valence-corrected chi connectivity index (χ1v) is 9.62. The van der Waals surface area contributed by atoms with Crippen LogP contribution in [-0.2, 0) is 11.3 Å². The number of carbonyl (C=O) groups is 1. The standard InChI is InChI=1S/C14H12IN5OS2/c15-11-5-1-2-6-12(11)16-13(21)9-23-14-17-18-19-20(14)8-10-4-3-7-22-10/h1-7H,8-9H2,(H,16,21). The highest BCUT2D eigenvalue weighted by atomic mass is 127. The minimum absolute atomic E-state index is 0.0789. The zero-order valence-corrected chi connectivity index (χ0v) is 15.6. The molecule has 2 heterocycles. The predicted octanol–water partition coefficient (Wildman–Crippen LogP) is 3.12. The van der Waals surface area contributed by atoms with Crippen molar-refractivity contribution in [2.75, 3.05) is 11.1 Å². The fourth-order valence-electron chi connectivity index (χ4n) is 1.83. The number of carbonyl (C=O) groups excluding carboxylic acids is 1. The highest BCUT2D eigenvalue weighted by Gasteiger charge is 2.11. The Hall–Kier alpha value is -1.46. The number of anilines is 1. The molecule has 3 aromatic rings. The largest absolute Gasteiger partial charge is 0.324 e. The summed E-state index contributed by atoms with van der Waals surface area (Å²) in [4.78, 5) is 13.2. The first kappa shape index (κ1) is 16.4. The molecule has 0 atom stereocenters. The molecule has 3 rings (SSSR count). The second kappa shape index (κ2) is 7.88. The summed E-state index contributed by atoms with van der Waals surface area (Å²) in [5.74, 6) is 0.181. The number of thiophene rings is 1. The zero-order chi connectivity index (χ0) is 16.1. The number of halogens is 1. The molecule has 1 amide bonds. The van der Waals surface area contributed by atoms with Crippen LogP contribution in [0.25, 0.3) is 0 Å². The number of rotatable bonds is 6. The van der Waals surface area contributed by atoms with Gasteiger partial charge < -0.3 is 5.32 Å². The summed E-state index contributed by atoms with van der Waals surface area (Å²) >= 11 is 5.17. The average molecular weight is 457 g/mol. The Morgan fingerprint density at radius 2 is 2.17 bits per heavy atom. The molecule has 0 unspecified atom stereocenters. The van der Waals surface area contributed by atoms with Gasteiger partial charge in [-0.05, 0) is 56.6 Å². The lowest BCUT2D eigenvalue weighted by Gasteiger charge is -2.07. The second-order valence-corrected chi connectivity index (χ2v) is 7.65. The van der Waals surface area contributed by atoms with Gasteiger partial charge in [0.15, 0.2) is 0 Å². The highest BCUT2D eigenvalue weighted by molar-refractivity contribution is 14.1. The van der Waals surface area contributed by atoms with Crippen LogP contribution in [-0.4, -0.2) is 31.9 Å². The summed E-state index contributed by atoms with van der Waals surface area (Å²) in [5, 5.41) is 17.2. The number of thioether (sulfide) groups is 1. The normalized spacial score (nSPS) is 10.7. The number of hydrogen-bond acceptors (Lipinski definition) is 6. The van der Waals surface area contributed by atoms with Crippen molar-refractivity contribution in [1.82, 2.24) is 20.2 Å². The lowest BCUT2D eigenvalue weighted by molar-refractivity contribution is -0.113. The van der Waals surface area contributed by atoms with Crippen LogP contribution in [0.2, 0.25) is 0 Å². The summed E-state index contributed by atoms with van der Waals surface area (Å²) in [6.07, 6.45) is 0. The maximum absolute atomic E-state index is 12.1.